The Hall–Kier alpha value is -0.550. The van der Waals surface area contributed by atoms with E-state index in [1.807, 2.05) is 6.07 Å². The van der Waals surface area contributed by atoms with E-state index < -0.39 is 0 Å². The van der Waals surface area contributed by atoms with Gasteiger partial charge in [0.05, 0.1) is 3.70 Å². The summed E-state index contributed by atoms with van der Waals surface area (Å²) in [5, 5.41) is 1.30. The Kier molecular flexibility index (Phi) is 2.55. The molecule has 0 atom stereocenters. The van der Waals surface area contributed by atoms with Gasteiger partial charge in [-0.2, -0.15) is 0 Å². The predicted molar refractivity (Wildman–Crippen MR) is 63.8 cm³/mol. The molecule has 0 bridgehead atoms. The fourth-order valence-corrected chi connectivity index (χ4v) is 2.41. The van der Waals surface area contributed by atoms with Crippen molar-refractivity contribution < 1.29 is 0 Å². The average molecular weight is 286 g/mol. The summed E-state index contributed by atoms with van der Waals surface area (Å²) in [6, 6.07) is 8.34. The minimum absolute atomic E-state index is 0.706. The standard InChI is InChI=1S/C10H11IN2/c11-10-8(5-6-12)7-3-1-2-4-9(7)13-10/h1-4,13H,5-6,12H2. The lowest BCUT2D eigenvalue weighted by molar-refractivity contribution is 0.969. The molecule has 3 N–H and O–H groups in total. The van der Waals surface area contributed by atoms with E-state index in [1.165, 1.54) is 20.2 Å². The molecule has 2 nitrogen and oxygen atoms in total. The van der Waals surface area contributed by atoms with Gasteiger partial charge in [-0.25, -0.2) is 0 Å². The molecule has 0 saturated carbocycles. The fraction of sp³-hybridized carbons (Fsp3) is 0.200. The summed E-state index contributed by atoms with van der Waals surface area (Å²) in [6.45, 7) is 0.706. The number of H-pyrrole nitrogens is 1. The van der Waals surface area contributed by atoms with Crippen molar-refractivity contribution in [1.29, 1.82) is 0 Å². The summed E-state index contributed by atoms with van der Waals surface area (Å²) in [4.78, 5) is 3.34. The van der Waals surface area contributed by atoms with Crippen LogP contribution in [0.4, 0.5) is 0 Å². The van der Waals surface area contributed by atoms with Gasteiger partial charge < -0.3 is 10.7 Å². The lowest BCUT2D eigenvalue weighted by atomic mass is 10.1. The smallest absolute Gasteiger partial charge is 0.0815 e. The van der Waals surface area contributed by atoms with Gasteiger partial charge in [-0.05, 0) is 47.2 Å². The normalized spacial score (nSPS) is 10.9. The Bertz CT molecular complexity index is 420. The van der Waals surface area contributed by atoms with Gasteiger partial charge in [0.2, 0.25) is 0 Å². The SMILES string of the molecule is NCCc1c(I)[nH]c2ccccc12. The second-order valence-corrected chi connectivity index (χ2v) is 4.08. The molecule has 0 unspecified atom stereocenters. The zero-order valence-corrected chi connectivity index (χ0v) is 9.34. The molecule has 0 aliphatic rings. The highest BCUT2D eigenvalue weighted by molar-refractivity contribution is 14.1. The van der Waals surface area contributed by atoms with Crippen LogP contribution in [0.5, 0.6) is 0 Å². The molecule has 0 aliphatic carbocycles. The molecular weight excluding hydrogens is 275 g/mol. The minimum atomic E-state index is 0.706. The Balaban J connectivity index is 2.64. The van der Waals surface area contributed by atoms with Crippen LogP contribution in [-0.2, 0) is 6.42 Å². The zero-order valence-electron chi connectivity index (χ0n) is 7.18. The van der Waals surface area contributed by atoms with Crippen LogP contribution in [-0.4, -0.2) is 11.5 Å². The van der Waals surface area contributed by atoms with Crippen molar-refractivity contribution >= 4 is 33.5 Å². The van der Waals surface area contributed by atoms with Crippen molar-refractivity contribution in [3.8, 4) is 0 Å². The van der Waals surface area contributed by atoms with Crippen LogP contribution in [0.2, 0.25) is 0 Å². The first-order valence-electron chi connectivity index (χ1n) is 4.28. The molecule has 3 heteroatoms. The van der Waals surface area contributed by atoms with Crippen molar-refractivity contribution in [2.24, 2.45) is 5.73 Å². The van der Waals surface area contributed by atoms with Crippen LogP contribution < -0.4 is 5.73 Å². The van der Waals surface area contributed by atoms with E-state index in [1.54, 1.807) is 0 Å². The number of halogens is 1. The fourth-order valence-electron chi connectivity index (χ4n) is 1.56. The van der Waals surface area contributed by atoms with Crippen molar-refractivity contribution in [3.05, 3.63) is 33.5 Å². The molecule has 13 heavy (non-hydrogen) atoms. The third-order valence-corrected chi connectivity index (χ3v) is 3.08. The minimum Gasteiger partial charge on any atom is -0.350 e. The summed E-state index contributed by atoms with van der Waals surface area (Å²) < 4.78 is 1.21. The van der Waals surface area contributed by atoms with Crippen molar-refractivity contribution in [2.45, 2.75) is 6.42 Å². The third kappa shape index (κ3) is 1.58. The van der Waals surface area contributed by atoms with Crippen LogP contribution in [0.3, 0.4) is 0 Å². The van der Waals surface area contributed by atoms with E-state index in [0.29, 0.717) is 6.54 Å². The van der Waals surface area contributed by atoms with Gasteiger partial charge >= 0.3 is 0 Å². The first-order valence-corrected chi connectivity index (χ1v) is 5.36. The summed E-state index contributed by atoms with van der Waals surface area (Å²) in [5.41, 5.74) is 8.11. The molecule has 0 spiro atoms. The third-order valence-electron chi connectivity index (χ3n) is 2.16. The summed E-state index contributed by atoms with van der Waals surface area (Å²) in [6.07, 6.45) is 0.947. The van der Waals surface area contributed by atoms with Crippen molar-refractivity contribution in [3.63, 3.8) is 0 Å². The highest BCUT2D eigenvalue weighted by Crippen LogP contribution is 2.23. The molecular formula is C10H11IN2. The highest BCUT2D eigenvalue weighted by atomic mass is 127. The van der Waals surface area contributed by atoms with Crippen LogP contribution in [0.15, 0.2) is 24.3 Å². The highest BCUT2D eigenvalue weighted by Gasteiger charge is 2.06. The van der Waals surface area contributed by atoms with Gasteiger partial charge in [0.1, 0.15) is 0 Å². The number of hydrogen-bond donors (Lipinski definition) is 2. The van der Waals surface area contributed by atoms with Gasteiger partial charge in [-0.3, -0.25) is 0 Å². The molecule has 0 fully saturated rings. The molecule has 2 aromatic rings. The van der Waals surface area contributed by atoms with E-state index in [4.69, 9.17) is 5.73 Å². The number of para-hydroxylation sites is 1. The number of hydrogen-bond acceptors (Lipinski definition) is 1. The molecule has 0 aliphatic heterocycles. The molecule has 2 rings (SSSR count). The van der Waals surface area contributed by atoms with Crippen LogP contribution in [0.1, 0.15) is 5.56 Å². The Morgan fingerprint density at radius 3 is 2.85 bits per heavy atom. The second-order valence-electron chi connectivity index (χ2n) is 3.00. The van der Waals surface area contributed by atoms with Crippen LogP contribution in [0.25, 0.3) is 10.9 Å². The molecule has 68 valence electrons. The first-order chi connectivity index (χ1) is 6.33. The lowest BCUT2D eigenvalue weighted by Gasteiger charge is -1.95. The number of rotatable bonds is 2. The zero-order chi connectivity index (χ0) is 9.26. The summed E-state index contributed by atoms with van der Waals surface area (Å²) >= 11 is 2.33. The topological polar surface area (TPSA) is 41.8 Å². The van der Waals surface area contributed by atoms with E-state index in [9.17, 15) is 0 Å². The number of aromatic nitrogens is 1. The quantitative estimate of drug-likeness (QED) is 0.817. The van der Waals surface area contributed by atoms with Gasteiger partial charge in [-0.1, -0.05) is 18.2 Å². The summed E-state index contributed by atoms with van der Waals surface area (Å²) in [7, 11) is 0. The van der Waals surface area contributed by atoms with Gasteiger partial charge in [0, 0.05) is 10.9 Å². The van der Waals surface area contributed by atoms with Crippen molar-refractivity contribution in [1.82, 2.24) is 4.98 Å². The maximum atomic E-state index is 5.56. The van der Waals surface area contributed by atoms with Gasteiger partial charge in [0.15, 0.2) is 0 Å². The molecule has 0 saturated heterocycles. The monoisotopic (exact) mass is 286 g/mol. The van der Waals surface area contributed by atoms with Crippen LogP contribution >= 0.6 is 22.6 Å². The largest absolute Gasteiger partial charge is 0.350 e. The molecule has 1 aromatic carbocycles. The van der Waals surface area contributed by atoms with Gasteiger partial charge in [-0.15, -0.1) is 0 Å². The lowest BCUT2D eigenvalue weighted by Crippen LogP contribution is -2.03. The molecule has 0 radical (unpaired) electrons. The molecule has 0 amide bonds. The number of fused-ring (bicyclic) bond motifs is 1. The number of aromatic amines is 1. The number of nitrogens with one attached hydrogen (secondary N) is 1. The number of benzene rings is 1. The Labute approximate surface area is 90.7 Å². The first kappa shape index (κ1) is 9.02. The Morgan fingerprint density at radius 2 is 2.08 bits per heavy atom. The molecule has 1 heterocycles. The second kappa shape index (κ2) is 3.67. The van der Waals surface area contributed by atoms with E-state index in [2.05, 4.69) is 45.8 Å². The molecule has 1 aromatic heterocycles. The summed E-state index contributed by atoms with van der Waals surface area (Å²) in [5.74, 6) is 0. The predicted octanol–water partition coefficient (Wildman–Crippen LogP) is 2.27. The average Bonchev–Trinajstić information content (AvgIpc) is 2.44. The van der Waals surface area contributed by atoms with Crippen molar-refractivity contribution in [2.75, 3.05) is 6.54 Å². The van der Waals surface area contributed by atoms with Crippen LogP contribution in [0, 0.1) is 3.70 Å². The van der Waals surface area contributed by atoms with Gasteiger partial charge in [0.25, 0.3) is 0 Å². The van der Waals surface area contributed by atoms with E-state index in [-0.39, 0.29) is 0 Å². The number of nitrogens with two attached hydrogens (primary N) is 1. The van der Waals surface area contributed by atoms with E-state index in [0.717, 1.165) is 6.42 Å². The maximum absolute atomic E-state index is 5.56. The maximum Gasteiger partial charge on any atom is 0.0815 e. The van der Waals surface area contributed by atoms with E-state index >= 15 is 0 Å². The Morgan fingerprint density at radius 1 is 1.31 bits per heavy atom.